The number of β-amino-alcohol motifs (C(OH)–C–C–N with tert-alkyl or cyclic N) is 2. The normalized spacial score (nSPS) is 30.3. The number of hydrazine groups is 1. The van der Waals surface area contributed by atoms with Gasteiger partial charge in [-0.25, -0.2) is 5.84 Å². The summed E-state index contributed by atoms with van der Waals surface area (Å²) in [6, 6.07) is -0.369. The van der Waals surface area contributed by atoms with Crippen molar-refractivity contribution in [2.45, 2.75) is 31.6 Å². The van der Waals surface area contributed by atoms with E-state index in [1.54, 1.807) is 4.90 Å². The number of carbonyl (C=O) groups excluding carboxylic acids is 1. The van der Waals surface area contributed by atoms with E-state index in [4.69, 9.17) is 5.84 Å². The number of nitrogens with one attached hydrogen (secondary N) is 1. The van der Waals surface area contributed by atoms with Crippen molar-refractivity contribution in [2.24, 2.45) is 5.84 Å². The molecule has 0 aromatic carbocycles. The topological polar surface area (TPSA) is 98.8 Å². The quantitative estimate of drug-likeness (QED) is 0.237. The molecule has 3 unspecified atom stereocenters. The van der Waals surface area contributed by atoms with Gasteiger partial charge in [-0.1, -0.05) is 6.92 Å². The van der Waals surface area contributed by atoms with E-state index >= 15 is 0 Å². The van der Waals surface area contributed by atoms with Crippen molar-refractivity contribution in [2.75, 3.05) is 13.1 Å². The minimum absolute atomic E-state index is 0.284. The number of hydrogen-bond acceptors (Lipinski definition) is 5. The molecular formula is C8H17N3O3. The number of likely N-dealkylation sites (tertiary alicyclic amines) is 1. The molecule has 0 radical (unpaired) electrons. The number of nitrogens with zero attached hydrogens (tertiary/aromatic N) is 1. The molecule has 1 aliphatic rings. The summed E-state index contributed by atoms with van der Waals surface area (Å²) in [7, 11) is 0. The van der Waals surface area contributed by atoms with Crippen LogP contribution in [0.5, 0.6) is 0 Å². The fourth-order valence-corrected chi connectivity index (χ4v) is 1.76. The van der Waals surface area contributed by atoms with Gasteiger partial charge in [-0.3, -0.25) is 15.1 Å². The van der Waals surface area contributed by atoms with Crippen LogP contribution in [0.3, 0.4) is 0 Å². The summed E-state index contributed by atoms with van der Waals surface area (Å²) in [4.78, 5) is 13.0. The zero-order valence-electron chi connectivity index (χ0n) is 8.18. The number of hydrogen-bond donors (Lipinski definition) is 4. The van der Waals surface area contributed by atoms with Crippen molar-refractivity contribution in [3.63, 3.8) is 0 Å². The van der Waals surface area contributed by atoms with Crippen LogP contribution < -0.4 is 11.3 Å². The zero-order valence-corrected chi connectivity index (χ0v) is 8.18. The van der Waals surface area contributed by atoms with Crippen molar-refractivity contribution in [3.8, 4) is 0 Å². The van der Waals surface area contributed by atoms with Gasteiger partial charge in [0.15, 0.2) is 0 Å². The van der Waals surface area contributed by atoms with Crippen molar-refractivity contribution in [3.05, 3.63) is 0 Å². The molecule has 1 fully saturated rings. The molecule has 0 bridgehead atoms. The van der Waals surface area contributed by atoms with Crippen LogP contribution in [0.25, 0.3) is 0 Å². The fraction of sp³-hybridized carbons (Fsp3) is 0.875. The molecular weight excluding hydrogens is 186 g/mol. The Morgan fingerprint density at radius 3 is 2.43 bits per heavy atom. The predicted molar refractivity (Wildman–Crippen MR) is 50.0 cm³/mol. The molecule has 0 spiro atoms. The van der Waals surface area contributed by atoms with E-state index in [0.29, 0.717) is 19.5 Å². The lowest BCUT2D eigenvalue weighted by Crippen LogP contribution is -2.48. The van der Waals surface area contributed by atoms with Gasteiger partial charge in [0, 0.05) is 13.1 Å². The van der Waals surface area contributed by atoms with E-state index < -0.39 is 12.2 Å². The maximum Gasteiger partial charge on any atom is 0.251 e. The van der Waals surface area contributed by atoms with E-state index in [1.807, 2.05) is 6.92 Å². The van der Waals surface area contributed by atoms with Crippen LogP contribution in [0.1, 0.15) is 13.3 Å². The Morgan fingerprint density at radius 1 is 1.57 bits per heavy atom. The number of amides is 1. The minimum atomic E-state index is -0.769. The highest BCUT2D eigenvalue weighted by Crippen LogP contribution is 2.15. The van der Waals surface area contributed by atoms with Crippen LogP contribution in [0.4, 0.5) is 0 Å². The molecule has 1 rings (SSSR count). The molecule has 82 valence electrons. The number of aliphatic hydroxyl groups excluding tert-OH is 2. The standard InChI is InChI=1S/C8H17N3O3/c1-2-5(8(14)10-9)11-3-6(12)7(13)4-11/h5-7,12-13H,2-4,9H2,1H3,(H,10,14). The SMILES string of the molecule is CCC(C(=O)NN)N1CC(O)C(O)C1. The van der Waals surface area contributed by atoms with E-state index in [2.05, 4.69) is 5.43 Å². The molecule has 14 heavy (non-hydrogen) atoms. The molecule has 1 heterocycles. The third kappa shape index (κ3) is 2.21. The average molecular weight is 203 g/mol. The number of aliphatic hydroxyl groups is 2. The summed E-state index contributed by atoms with van der Waals surface area (Å²) in [5.74, 6) is 4.75. The monoisotopic (exact) mass is 203 g/mol. The Bertz CT molecular complexity index is 202. The minimum Gasteiger partial charge on any atom is -0.389 e. The summed E-state index contributed by atoms with van der Waals surface area (Å²) in [5, 5.41) is 18.6. The first kappa shape index (κ1) is 11.4. The maximum absolute atomic E-state index is 11.3. The molecule has 1 saturated heterocycles. The first-order valence-electron chi connectivity index (χ1n) is 4.70. The Kier molecular flexibility index (Phi) is 3.82. The molecule has 0 aromatic heterocycles. The van der Waals surface area contributed by atoms with E-state index in [1.165, 1.54) is 0 Å². The van der Waals surface area contributed by atoms with Gasteiger partial charge in [-0.2, -0.15) is 0 Å². The number of carbonyl (C=O) groups is 1. The lowest BCUT2D eigenvalue weighted by molar-refractivity contribution is -0.126. The first-order chi connectivity index (χ1) is 6.60. The average Bonchev–Trinajstić information content (AvgIpc) is 2.48. The Labute approximate surface area is 82.7 Å². The second kappa shape index (κ2) is 4.70. The third-order valence-electron chi connectivity index (χ3n) is 2.56. The van der Waals surface area contributed by atoms with Gasteiger partial charge in [-0.15, -0.1) is 0 Å². The summed E-state index contributed by atoms with van der Waals surface area (Å²) in [5.41, 5.74) is 2.08. The molecule has 1 aliphatic heterocycles. The molecule has 1 amide bonds. The summed E-state index contributed by atoms with van der Waals surface area (Å²) < 4.78 is 0. The summed E-state index contributed by atoms with van der Waals surface area (Å²) in [6.07, 6.45) is -0.938. The van der Waals surface area contributed by atoms with E-state index in [0.717, 1.165) is 0 Å². The van der Waals surface area contributed by atoms with Gasteiger partial charge in [0.2, 0.25) is 0 Å². The van der Waals surface area contributed by atoms with Crippen molar-refractivity contribution >= 4 is 5.91 Å². The van der Waals surface area contributed by atoms with Crippen LogP contribution in [0, 0.1) is 0 Å². The Balaban J connectivity index is 2.59. The number of rotatable bonds is 3. The molecule has 0 aliphatic carbocycles. The van der Waals surface area contributed by atoms with Crippen molar-refractivity contribution in [1.29, 1.82) is 0 Å². The predicted octanol–water partition coefficient (Wildman–Crippen LogP) is -2.21. The van der Waals surface area contributed by atoms with Crippen LogP contribution in [-0.4, -0.2) is 52.4 Å². The van der Waals surface area contributed by atoms with Gasteiger partial charge >= 0.3 is 0 Å². The smallest absolute Gasteiger partial charge is 0.251 e. The largest absolute Gasteiger partial charge is 0.389 e. The lowest BCUT2D eigenvalue weighted by atomic mass is 10.2. The fourth-order valence-electron chi connectivity index (χ4n) is 1.76. The third-order valence-corrected chi connectivity index (χ3v) is 2.56. The van der Waals surface area contributed by atoms with Gasteiger partial charge in [-0.05, 0) is 6.42 Å². The molecule has 6 nitrogen and oxygen atoms in total. The van der Waals surface area contributed by atoms with Crippen molar-refractivity contribution < 1.29 is 15.0 Å². The van der Waals surface area contributed by atoms with Gasteiger partial charge in [0.25, 0.3) is 5.91 Å². The van der Waals surface area contributed by atoms with Gasteiger partial charge < -0.3 is 10.2 Å². The molecule has 0 aromatic rings. The highest BCUT2D eigenvalue weighted by atomic mass is 16.3. The van der Waals surface area contributed by atoms with Crippen LogP contribution in [0.2, 0.25) is 0 Å². The molecule has 5 N–H and O–H groups in total. The van der Waals surface area contributed by atoms with Gasteiger partial charge in [0.1, 0.15) is 0 Å². The first-order valence-corrected chi connectivity index (χ1v) is 4.70. The van der Waals surface area contributed by atoms with Crippen LogP contribution in [0.15, 0.2) is 0 Å². The van der Waals surface area contributed by atoms with Crippen LogP contribution in [-0.2, 0) is 4.79 Å². The second-order valence-electron chi connectivity index (χ2n) is 3.52. The summed E-state index contributed by atoms with van der Waals surface area (Å²) >= 11 is 0. The van der Waals surface area contributed by atoms with Crippen molar-refractivity contribution in [1.82, 2.24) is 10.3 Å². The molecule has 0 saturated carbocycles. The number of nitrogens with two attached hydrogens (primary N) is 1. The molecule has 3 atom stereocenters. The lowest BCUT2D eigenvalue weighted by Gasteiger charge is -2.24. The van der Waals surface area contributed by atoms with E-state index in [-0.39, 0.29) is 11.9 Å². The van der Waals surface area contributed by atoms with Gasteiger partial charge in [0.05, 0.1) is 18.2 Å². The highest BCUT2D eigenvalue weighted by Gasteiger charge is 2.35. The molecule has 6 heteroatoms. The van der Waals surface area contributed by atoms with E-state index in [9.17, 15) is 15.0 Å². The zero-order chi connectivity index (χ0) is 10.7. The Morgan fingerprint density at radius 2 is 2.07 bits per heavy atom. The van der Waals surface area contributed by atoms with Crippen LogP contribution >= 0.6 is 0 Å². The Hall–Kier alpha value is -0.690. The second-order valence-corrected chi connectivity index (χ2v) is 3.52. The summed E-state index contributed by atoms with van der Waals surface area (Å²) in [6.45, 7) is 2.48. The highest BCUT2D eigenvalue weighted by molar-refractivity contribution is 5.81. The maximum atomic E-state index is 11.3.